The molecule has 1 heterocycles. The van der Waals surface area contributed by atoms with Crippen LogP contribution in [0.3, 0.4) is 0 Å². The lowest BCUT2D eigenvalue weighted by atomic mass is 9.99. The molecule has 6 heteroatoms. The molecule has 3 atom stereocenters. The van der Waals surface area contributed by atoms with Gasteiger partial charge >= 0.3 is 12.0 Å². The van der Waals surface area contributed by atoms with Crippen molar-refractivity contribution in [1.29, 1.82) is 0 Å². The summed E-state index contributed by atoms with van der Waals surface area (Å²) in [5.41, 5.74) is 0. The Kier molecular flexibility index (Phi) is 6.78. The fourth-order valence-electron chi connectivity index (χ4n) is 1.98. The molecule has 1 aromatic rings. The summed E-state index contributed by atoms with van der Waals surface area (Å²) in [6, 6.07) is 2.32. The highest BCUT2D eigenvalue weighted by Gasteiger charge is 2.25. The number of amides is 2. The first-order chi connectivity index (χ1) is 9.93. The molecule has 0 aliphatic carbocycles. The van der Waals surface area contributed by atoms with E-state index in [1.807, 2.05) is 26.0 Å². The Balaban J connectivity index is 2.38. The van der Waals surface area contributed by atoms with Crippen LogP contribution in [0.1, 0.15) is 39.4 Å². The van der Waals surface area contributed by atoms with E-state index in [4.69, 9.17) is 9.52 Å². The van der Waals surface area contributed by atoms with Gasteiger partial charge in [-0.1, -0.05) is 20.3 Å². The molecule has 0 radical (unpaired) electrons. The number of furan rings is 1. The predicted molar refractivity (Wildman–Crippen MR) is 79.0 cm³/mol. The summed E-state index contributed by atoms with van der Waals surface area (Å²) in [5.74, 6) is -0.263. The smallest absolute Gasteiger partial charge is 0.326 e. The Morgan fingerprint density at radius 3 is 2.57 bits per heavy atom. The van der Waals surface area contributed by atoms with Gasteiger partial charge < -0.3 is 20.2 Å². The summed E-state index contributed by atoms with van der Waals surface area (Å²) in [6.07, 6.45) is 3.75. The largest absolute Gasteiger partial charge is 0.480 e. The third-order valence-electron chi connectivity index (χ3n) is 3.55. The number of carbonyl (C=O) groups is 2. The van der Waals surface area contributed by atoms with Gasteiger partial charge in [-0.3, -0.25) is 0 Å². The Morgan fingerprint density at radius 1 is 1.33 bits per heavy atom. The maximum absolute atomic E-state index is 11.8. The average Bonchev–Trinajstić information content (AvgIpc) is 2.94. The zero-order valence-corrected chi connectivity index (χ0v) is 12.8. The second-order valence-electron chi connectivity index (χ2n) is 5.34. The Hall–Kier alpha value is -1.98. The van der Waals surface area contributed by atoms with Crippen LogP contribution in [-0.2, 0) is 11.2 Å². The summed E-state index contributed by atoms with van der Waals surface area (Å²) in [4.78, 5) is 23.0. The fourth-order valence-corrected chi connectivity index (χ4v) is 1.98. The van der Waals surface area contributed by atoms with Crippen molar-refractivity contribution in [2.24, 2.45) is 5.92 Å². The van der Waals surface area contributed by atoms with Crippen LogP contribution in [0.5, 0.6) is 0 Å². The number of carboxylic acid groups (broad SMARTS) is 1. The predicted octanol–water partition coefficient (Wildman–Crippen LogP) is 2.40. The van der Waals surface area contributed by atoms with Crippen LogP contribution in [0.15, 0.2) is 22.8 Å². The van der Waals surface area contributed by atoms with Crippen molar-refractivity contribution in [2.45, 2.75) is 52.1 Å². The minimum absolute atomic E-state index is 0.0681. The zero-order chi connectivity index (χ0) is 15.8. The first-order valence-electron chi connectivity index (χ1n) is 7.26. The lowest BCUT2D eigenvalue weighted by Crippen LogP contribution is -2.51. The lowest BCUT2D eigenvalue weighted by Gasteiger charge is -2.22. The third kappa shape index (κ3) is 5.89. The van der Waals surface area contributed by atoms with Crippen molar-refractivity contribution in [3.05, 3.63) is 24.2 Å². The topological polar surface area (TPSA) is 91.6 Å². The first kappa shape index (κ1) is 17.1. The lowest BCUT2D eigenvalue weighted by molar-refractivity contribution is -0.140. The van der Waals surface area contributed by atoms with Gasteiger partial charge in [0.15, 0.2) is 0 Å². The average molecular weight is 296 g/mol. The van der Waals surface area contributed by atoms with Crippen molar-refractivity contribution >= 4 is 12.0 Å². The van der Waals surface area contributed by atoms with Gasteiger partial charge in [-0.2, -0.15) is 0 Å². The molecule has 118 valence electrons. The monoisotopic (exact) mass is 296 g/mol. The highest BCUT2D eigenvalue weighted by atomic mass is 16.4. The van der Waals surface area contributed by atoms with Gasteiger partial charge in [0.25, 0.3) is 0 Å². The quantitative estimate of drug-likeness (QED) is 0.687. The molecule has 2 unspecified atom stereocenters. The molecular weight excluding hydrogens is 272 g/mol. The normalized spacial score (nSPS) is 15.0. The van der Waals surface area contributed by atoms with Crippen LogP contribution in [0, 0.1) is 5.92 Å². The van der Waals surface area contributed by atoms with E-state index in [0.29, 0.717) is 6.42 Å². The molecule has 0 spiro atoms. The number of aliphatic carboxylic acids is 1. The molecule has 1 aromatic heterocycles. The van der Waals surface area contributed by atoms with E-state index in [1.165, 1.54) is 0 Å². The van der Waals surface area contributed by atoms with E-state index in [-0.39, 0.29) is 12.0 Å². The molecule has 2 amide bonds. The minimum Gasteiger partial charge on any atom is -0.480 e. The summed E-state index contributed by atoms with van der Waals surface area (Å²) in [7, 11) is 0. The van der Waals surface area contributed by atoms with Crippen LogP contribution in [-0.4, -0.2) is 29.2 Å². The summed E-state index contributed by atoms with van der Waals surface area (Å²) in [6.45, 7) is 5.58. The van der Waals surface area contributed by atoms with Crippen molar-refractivity contribution in [3.63, 3.8) is 0 Å². The van der Waals surface area contributed by atoms with Crippen molar-refractivity contribution in [2.75, 3.05) is 0 Å². The minimum atomic E-state index is -1.01. The van der Waals surface area contributed by atoms with Crippen LogP contribution < -0.4 is 10.6 Å². The van der Waals surface area contributed by atoms with Crippen molar-refractivity contribution in [1.82, 2.24) is 10.6 Å². The highest BCUT2D eigenvalue weighted by molar-refractivity contribution is 5.82. The van der Waals surface area contributed by atoms with Crippen LogP contribution in [0.2, 0.25) is 0 Å². The van der Waals surface area contributed by atoms with Gasteiger partial charge in [0.1, 0.15) is 11.8 Å². The Labute approximate surface area is 124 Å². The van der Waals surface area contributed by atoms with E-state index in [2.05, 4.69) is 10.6 Å². The maximum Gasteiger partial charge on any atom is 0.326 e. The molecule has 6 nitrogen and oxygen atoms in total. The molecule has 0 aromatic carbocycles. The van der Waals surface area contributed by atoms with Gasteiger partial charge in [0, 0.05) is 12.5 Å². The number of hydrogen-bond donors (Lipinski definition) is 3. The third-order valence-corrected chi connectivity index (χ3v) is 3.55. The van der Waals surface area contributed by atoms with Crippen molar-refractivity contribution < 1.29 is 19.1 Å². The van der Waals surface area contributed by atoms with Gasteiger partial charge in [0.05, 0.1) is 6.26 Å². The Bertz CT molecular complexity index is 445. The summed E-state index contributed by atoms with van der Waals surface area (Å²) in [5, 5.41) is 14.4. The molecule has 0 saturated carbocycles. The van der Waals surface area contributed by atoms with Crippen molar-refractivity contribution in [3.8, 4) is 0 Å². The molecule has 0 fully saturated rings. The molecule has 1 rings (SSSR count). The van der Waals surface area contributed by atoms with Gasteiger partial charge in [-0.25, -0.2) is 9.59 Å². The highest BCUT2D eigenvalue weighted by Crippen LogP contribution is 2.08. The SMILES string of the molecule is CCC(C)[C@H](NC(=O)NC(C)CCc1ccco1)C(=O)O. The second kappa shape index (κ2) is 8.34. The second-order valence-corrected chi connectivity index (χ2v) is 5.34. The van der Waals surface area contributed by atoms with E-state index >= 15 is 0 Å². The van der Waals surface area contributed by atoms with Gasteiger partial charge in [-0.15, -0.1) is 0 Å². The molecule has 0 aliphatic heterocycles. The Morgan fingerprint density at radius 2 is 2.05 bits per heavy atom. The molecular formula is C15H24N2O4. The number of rotatable bonds is 8. The van der Waals surface area contributed by atoms with Gasteiger partial charge in [-0.05, 0) is 31.4 Å². The van der Waals surface area contributed by atoms with E-state index in [1.54, 1.807) is 13.2 Å². The fraction of sp³-hybridized carbons (Fsp3) is 0.600. The number of hydrogen-bond acceptors (Lipinski definition) is 3. The zero-order valence-electron chi connectivity index (χ0n) is 12.8. The van der Waals surface area contributed by atoms with Gasteiger partial charge in [0.2, 0.25) is 0 Å². The molecule has 0 bridgehead atoms. The van der Waals surface area contributed by atoms with E-state index in [0.717, 1.165) is 18.6 Å². The van der Waals surface area contributed by atoms with Crippen LogP contribution >= 0.6 is 0 Å². The molecule has 0 aliphatic rings. The summed E-state index contributed by atoms with van der Waals surface area (Å²) < 4.78 is 5.22. The maximum atomic E-state index is 11.8. The van der Waals surface area contributed by atoms with Crippen LogP contribution in [0.4, 0.5) is 4.79 Å². The first-order valence-corrected chi connectivity index (χ1v) is 7.26. The molecule has 3 N–H and O–H groups in total. The molecule has 21 heavy (non-hydrogen) atoms. The molecule has 0 saturated heterocycles. The standard InChI is InChI=1S/C15H24N2O4/c1-4-10(2)13(14(18)19)17-15(20)16-11(3)7-8-12-6-5-9-21-12/h5-6,9-11,13H,4,7-8H2,1-3H3,(H,18,19)(H2,16,17,20)/t10?,11?,13-/m0/s1. The van der Waals surface area contributed by atoms with E-state index < -0.39 is 18.0 Å². The number of urea groups is 1. The number of carboxylic acids is 1. The van der Waals surface area contributed by atoms with E-state index in [9.17, 15) is 9.59 Å². The number of aryl methyl sites for hydroxylation is 1. The van der Waals surface area contributed by atoms with Crippen LogP contribution in [0.25, 0.3) is 0 Å². The summed E-state index contributed by atoms with van der Waals surface area (Å²) >= 11 is 0. The number of carbonyl (C=O) groups excluding carboxylic acids is 1. The number of nitrogens with one attached hydrogen (secondary N) is 2.